The minimum absolute atomic E-state index is 0.0537. The van der Waals surface area contributed by atoms with Gasteiger partial charge in [0.1, 0.15) is 11.5 Å². The molecule has 0 aliphatic carbocycles. The van der Waals surface area contributed by atoms with Gasteiger partial charge in [-0.25, -0.2) is 8.42 Å². The molecule has 34 heavy (non-hydrogen) atoms. The van der Waals surface area contributed by atoms with Gasteiger partial charge in [0.15, 0.2) is 16.4 Å². The van der Waals surface area contributed by atoms with E-state index in [1.54, 1.807) is 86.0 Å². The van der Waals surface area contributed by atoms with E-state index in [1.807, 2.05) is 0 Å². The number of benzene rings is 3. The van der Waals surface area contributed by atoms with E-state index < -0.39 is 9.84 Å². The molecule has 0 aromatic heterocycles. The van der Waals surface area contributed by atoms with Gasteiger partial charge in [-0.2, -0.15) is 0 Å². The fourth-order valence-electron chi connectivity index (χ4n) is 3.06. The molecule has 0 aliphatic rings. The number of rotatable bonds is 11. The van der Waals surface area contributed by atoms with Crippen molar-refractivity contribution in [2.24, 2.45) is 0 Å². The van der Waals surface area contributed by atoms with E-state index in [0.29, 0.717) is 29.2 Å². The zero-order valence-corrected chi connectivity index (χ0v) is 19.5. The Hall–Kier alpha value is -3.85. The van der Waals surface area contributed by atoms with Crippen LogP contribution in [0.3, 0.4) is 0 Å². The highest BCUT2D eigenvalue weighted by atomic mass is 32.2. The lowest BCUT2D eigenvalue weighted by molar-refractivity contribution is -0.118. The van der Waals surface area contributed by atoms with Crippen molar-refractivity contribution in [1.82, 2.24) is 5.32 Å². The van der Waals surface area contributed by atoms with Gasteiger partial charge in [-0.3, -0.25) is 9.59 Å². The second-order valence-corrected chi connectivity index (χ2v) is 9.44. The Kier molecular flexibility index (Phi) is 8.64. The number of nitrogens with one attached hydrogen (secondary N) is 2. The summed E-state index contributed by atoms with van der Waals surface area (Å²) in [5.74, 6) is 0.360. The van der Waals surface area contributed by atoms with Crippen molar-refractivity contribution in [3.63, 3.8) is 0 Å². The number of amides is 2. The lowest BCUT2D eigenvalue weighted by atomic mass is 10.2. The zero-order chi connectivity index (χ0) is 24.4. The number of carbonyl (C=O) groups excluding carboxylic acids is 2. The molecule has 2 amide bonds. The van der Waals surface area contributed by atoms with Crippen molar-refractivity contribution in [1.29, 1.82) is 0 Å². The Morgan fingerprint density at radius 1 is 0.882 bits per heavy atom. The van der Waals surface area contributed by atoms with E-state index in [-0.39, 0.29) is 35.6 Å². The van der Waals surface area contributed by atoms with Crippen LogP contribution in [-0.4, -0.2) is 46.2 Å². The van der Waals surface area contributed by atoms with Crippen LogP contribution >= 0.6 is 0 Å². The quantitative estimate of drug-likeness (QED) is 0.406. The smallest absolute Gasteiger partial charge is 0.262 e. The van der Waals surface area contributed by atoms with E-state index >= 15 is 0 Å². The van der Waals surface area contributed by atoms with Crippen molar-refractivity contribution < 1.29 is 27.5 Å². The van der Waals surface area contributed by atoms with E-state index in [0.717, 1.165) is 0 Å². The zero-order valence-electron chi connectivity index (χ0n) is 18.7. The molecule has 3 aromatic rings. The second-order valence-electron chi connectivity index (χ2n) is 7.33. The Balaban J connectivity index is 1.41. The van der Waals surface area contributed by atoms with E-state index in [9.17, 15) is 18.0 Å². The van der Waals surface area contributed by atoms with Gasteiger partial charge in [0, 0.05) is 23.9 Å². The maximum absolute atomic E-state index is 12.3. The van der Waals surface area contributed by atoms with Crippen LogP contribution in [0.5, 0.6) is 11.5 Å². The van der Waals surface area contributed by atoms with Crippen molar-refractivity contribution in [2.75, 3.05) is 31.3 Å². The molecule has 0 radical (unpaired) electrons. The lowest BCUT2D eigenvalue weighted by Crippen LogP contribution is -2.26. The molecule has 2 N–H and O–H groups in total. The Morgan fingerprint density at radius 3 is 2.32 bits per heavy atom. The Bertz CT molecular complexity index is 1210. The molecule has 9 heteroatoms. The molecular formula is C25H26N2O6S. The third kappa shape index (κ3) is 7.35. The Labute approximate surface area is 198 Å². The van der Waals surface area contributed by atoms with Gasteiger partial charge < -0.3 is 20.1 Å². The predicted molar refractivity (Wildman–Crippen MR) is 129 cm³/mol. The summed E-state index contributed by atoms with van der Waals surface area (Å²) in [4.78, 5) is 24.7. The number of hydrogen-bond acceptors (Lipinski definition) is 6. The normalized spacial score (nSPS) is 10.9. The van der Waals surface area contributed by atoms with Crippen LogP contribution in [0.4, 0.5) is 5.69 Å². The summed E-state index contributed by atoms with van der Waals surface area (Å²) in [6, 6.07) is 21.5. The third-order valence-corrected chi connectivity index (χ3v) is 6.63. The van der Waals surface area contributed by atoms with Crippen LogP contribution in [-0.2, 0) is 14.6 Å². The lowest BCUT2D eigenvalue weighted by Gasteiger charge is -2.09. The van der Waals surface area contributed by atoms with E-state index in [4.69, 9.17) is 9.47 Å². The second kappa shape index (κ2) is 11.9. The molecule has 0 saturated heterocycles. The summed E-state index contributed by atoms with van der Waals surface area (Å²) in [5.41, 5.74) is 0.996. The molecule has 178 valence electrons. The molecule has 3 aromatic carbocycles. The van der Waals surface area contributed by atoms with Crippen LogP contribution in [0.2, 0.25) is 0 Å². The first-order valence-electron chi connectivity index (χ1n) is 10.6. The molecule has 0 bridgehead atoms. The first-order valence-corrected chi connectivity index (χ1v) is 12.3. The number of hydrogen-bond donors (Lipinski definition) is 2. The maximum Gasteiger partial charge on any atom is 0.262 e. The summed E-state index contributed by atoms with van der Waals surface area (Å²) in [6.07, 6.45) is 0.298. The molecule has 0 atom stereocenters. The third-order valence-electron chi connectivity index (χ3n) is 4.82. The first kappa shape index (κ1) is 24.8. The van der Waals surface area contributed by atoms with Crippen molar-refractivity contribution in [3.05, 3.63) is 84.4 Å². The molecule has 0 fully saturated rings. The van der Waals surface area contributed by atoms with Crippen molar-refractivity contribution >= 4 is 27.3 Å². The molecule has 0 aliphatic heterocycles. The van der Waals surface area contributed by atoms with Crippen molar-refractivity contribution in [3.8, 4) is 11.5 Å². The topological polar surface area (TPSA) is 111 Å². The molecule has 0 unspecified atom stereocenters. The molecule has 0 saturated carbocycles. The SMILES string of the molecule is COc1cccc(NC(=O)COc2ccc(C(=O)NCCCS(=O)(=O)c3ccccc3)cc2)c1. The standard InChI is InChI=1S/C25H26N2O6S/c1-32-22-8-5-7-20(17-22)27-24(28)18-33-21-13-11-19(12-14-21)25(29)26-15-6-16-34(30,31)23-9-3-2-4-10-23/h2-5,7-14,17H,6,15-16,18H2,1H3,(H,26,29)(H,27,28). The highest BCUT2D eigenvalue weighted by molar-refractivity contribution is 7.91. The average Bonchev–Trinajstić information content (AvgIpc) is 2.86. The van der Waals surface area contributed by atoms with Crippen LogP contribution in [0.25, 0.3) is 0 Å². The monoisotopic (exact) mass is 482 g/mol. The predicted octanol–water partition coefficient (Wildman–Crippen LogP) is 3.31. The average molecular weight is 483 g/mol. The van der Waals surface area contributed by atoms with Crippen LogP contribution in [0, 0.1) is 0 Å². The number of methoxy groups -OCH3 is 1. The molecule has 0 heterocycles. The summed E-state index contributed by atoms with van der Waals surface area (Å²) >= 11 is 0. The summed E-state index contributed by atoms with van der Waals surface area (Å²) in [6.45, 7) is 0.0340. The highest BCUT2D eigenvalue weighted by Crippen LogP contribution is 2.17. The van der Waals surface area contributed by atoms with Crippen LogP contribution in [0.1, 0.15) is 16.8 Å². The fourth-order valence-corrected chi connectivity index (χ4v) is 4.39. The van der Waals surface area contributed by atoms with Gasteiger partial charge in [-0.1, -0.05) is 24.3 Å². The van der Waals surface area contributed by atoms with Crippen LogP contribution < -0.4 is 20.1 Å². The first-order chi connectivity index (χ1) is 16.4. The summed E-state index contributed by atoms with van der Waals surface area (Å²) in [7, 11) is -1.83. The van der Waals surface area contributed by atoms with Gasteiger partial charge in [0.05, 0.1) is 17.8 Å². The fraction of sp³-hybridized carbons (Fsp3) is 0.200. The molecule has 8 nitrogen and oxygen atoms in total. The van der Waals surface area contributed by atoms with Gasteiger partial charge in [0.2, 0.25) is 0 Å². The highest BCUT2D eigenvalue weighted by Gasteiger charge is 2.14. The Morgan fingerprint density at radius 2 is 1.62 bits per heavy atom. The van der Waals surface area contributed by atoms with Gasteiger partial charge in [-0.15, -0.1) is 0 Å². The van der Waals surface area contributed by atoms with E-state index in [2.05, 4.69) is 10.6 Å². The number of ether oxygens (including phenoxy) is 2. The van der Waals surface area contributed by atoms with Gasteiger partial charge >= 0.3 is 0 Å². The van der Waals surface area contributed by atoms with Crippen molar-refractivity contribution in [2.45, 2.75) is 11.3 Å². The van der Waals surface area contributed by atoms with E-state index in [1.165, 1.54) is 0 Å². The molecule has 3 rings (SSSR count). The molecule has 0 spiro atoms. The minimum Gasteiger partial charge on any atom is -0.497 e. The number of anilines is 1. The van der Waals surface area contributed by atoms with Gasteiger partial charge in [0.25, 0.3) is 11.8 Å². The summed E-state index contributed by atoms with van der Waals surface area (Å²) in [5, 5.41) is 5.43. The number of carbonyl (C=O) groups is 2. The largest absolute Gasteiger partial charge is 0.497 e. The maximum atomic E-state index is 12.3. The summed E-state index contributed by atoms with van der Waals surface area (Å²) < 4.78 is 35.1. The molecular weight excluding hydrogens is 456 g/mol. The van der Waals surface area contributed by atoms with Crippen LogP contribution in [0.15, 0.2) is 83.8 Å². The van der Waals surface area contributed by atoms with Gasteiger partial charge in [-0.05, 0) is 55.0 Å². The minimum atomic E-state index is -3.37. The number of sulfone groups is 1.